The Hall–Kier alpha value is -1.68. The molecule has 1 aliphatic heterocycles. The molecule has 1 aromatic rings. The molecule has 0 spiro atoms. The van der Waals surface area contributed by atoms with E-state index >= 15 is 0 Å². The van der Waals surface area contributed by atoms with E-state index in [9.17, 15) is 4.79 Å². The van der Waals surface area contributed by atoms with Crippen molar-refractivity contribution in [1.82, 2.24) is 10.3 Å². The van der Waals surface area contributed by atoms with E-state index in [1.165, 1.54) is 19.3 Å². The number of nitrogens with one attached hydrogen (secondary N) is 1. The Balaban J connectivity index is 1.65. The Morgan fingerprint density at radius 3 is 2.68 bits per heavy atom. The number of hydrogen-bond acceptors (Lipinski definition) is 3. The molecule has 19 heavy (non-hydrogen) atoms. The predicted octanol–water partition coefficient (Wildman–Crippen LogP) is 2.01. The summed E-state index contributed by atoms with van der Waals surface area (Å²) in [5.41, 5.74) is 3.56. The van der Waals surface area contributed by atoms with Gasteiger partial charge in [0.25, 0.3) is 0 Å². The highest BCUT2D eigenvalue weighted by atomic mass is 16.2. The minimum absolute atomic E-state index is 0.0160. The molecule has 0 aliphatic carbocycles. The molecule has 1 saturated heterocycles. The molecule has 0 radical (unpaired) electrons. The minimum Gasteiger partial charge on any atom is -0.303 e. The highest BCUT2D eigenvalue weighted by molar-refractivity contribution is 5.82. The molecule has 1 aromatic carbocycles. The van der Waals surface area contributed by atoms with E-state index in [4.69, 9.17) is 0 Å². The van der Waals surface area contributed by atoms with Crippen LogP contribution in [-0.2, 0) is 4.79 Å². The fourth-order valence-electron chi connectivity index (χ4n) is 2.22. The molecule has 0 bridgehead atoms. The lowest BCUT2D eigenvalue weighted by Gasteiger charge is -2.25. The molecule has 102 valence electrons. The molecule has 0 saturated carbocycles. The van der Waals surface area contributed by atoms with Crippen LogP contribution < -0.4 is 5.43 Å². The largest absolute Gasteiger partial charge is 0.303 e. The van der Waals surface area contributed by atoms with E-state index in [-0.39, 0.29) is 5.91 Å². The number of nitrogens with zero attached hydrogens (tertiary/aromatic N) is 2. The number of piperidine rings is 1. The second-order valence-corrected chi connectivity index (χ2v) is 4.86. The van der Waals surface area contributed by atoms with Crippen molar-refractivity contribution < 1.29 is 4.79 Å². The van der Waals surface area contributed by atoms with Gasteiger partial charge in [-0.3, -0.25) is 4.79 Å². The Morgan fingerprint density at radius 2 is 1.95 bits per heavy atom. The first kappa shape index (κ1) is 13.7. The molecule has 1 fully saturated rings. The van der Waals surface area contributed by atoms with E-state index in [0.717, 1.165) is 25.2 Å². The maximum absolute atomic E-state index is 11.6. The second-order valence-electron chi connectivity index (χ2n) is 4.86. The van der Waals surface area contributed by atoms with Crippen LogP contribution in [0.5, 0.6) is 0 Å². The van der Waals surface area contributed by atoms with Gasteiger partial charge in [0.2, 0.25) is 5.91 Å². The van der Waals surface area contributed by atoms with Crippen LogP contribution in [0.3, 0.4) is 0 Å². The van der Waals surface area contributed by atoms with Crippen LogP contribution in [0.2, 0.25) is 0 Å². The van der Waals surface area contributed by atoms with Gasteiger partial charge in [0.15, 0.2) is 0 Å². The Morgan fingerprint density at radius 1 is 1.21 bits per heavy atom. The Bertz CT molecular complexity index is 411. The lowest BCUT2D eigenvalue weighted by molar-refractivity contribution is -0.121. The van der Waals surface area contributed by atoms with Gasteiger partial charge in [-0.05, 0) is 31.5 Å². The highest BCUT2D eigenvalue weighted by Gasteiger charge is 2.11. The second kappa shape index (κ2) is 7.69. The average molecular weight is 259 g/mol. The van der Waals surface area contributed by atoms with Crippen LogP contribution in [0.4, 0.5) is 0 Å². The van der Waals surface area contributed by atoms with E-state index in [0.29, 0.717) is 6.42 Å². The van der Waals surface area contributed by atoms with Crippen LogP contribution in [0.25, 0.3) is 0 Å². The van der Waals surface area contributed by atoms with Crippen molar-refractivity contribution in [2.45, 2.75) is 25.7 Å². The number of hydrogen-bond donors (Lipinski definition) is 1. The van der Waals surface area contributed by atoms with Gasteiger partial charge in [-0.15, -0.1) is 0 Å². The normalized spacial score (nSPS) is 16.6. The summed E-state index contributed by atoms with van der Waals surface area (Å²) in [5, 5.41) is 3.96. The molecular formula is C15H21N3O. The van der Waals surface area contributed by atoms with E-state index < -0.39 is 0 Å². The van der Waals surface area contributed by atoms with Gasteiger partial charge >= 0.3 is 0 Å². The van der Waals surface area contributed by atoms with E-state index in [1.54, 1.807) is 6.21 Å². The van der Waals surface area contributed by atoms with Crippen molar-refractivity contribution in [2.75, 3.05) is 19.6 Å². The summed E-state index contributed by atoms with van der Waals surface area (Å²) in [7, 11) is 0. The number of carbonyl (C=O) groups is 1. The van der Waals surface area contributed by atoms with Crippen molar-refractivity contribution >= 4 is 12.1 Å². The van der Waals surface area contributed by atoms with E-state index in [1.807, 2.05) is 30.3 Å². The zero-order chi connectivity index (χ0) is 13.3. The molecular weight excluding hydrogens is 238 g/mol. The summed E-state index contributed by atoms with van der Waals surface area (Å²) in [4.78, 5) is 14.0. The standard InChI is InChI=1S/C15H21N3O/c19-15(9-12-18-10-5-2-6-11-18)17-16-13-14-7-3-1-4-8-14/h1,3-4,7-8,13H,2,5-6,9-12H2,(H,17,19)/b16-13+. The molecule has 0 atom stereocenters. The topological polar surface area (TPSA) is 44.7 Å². The van der Waals surface area contributed by atoms with Crippen LogP contribution in [0.15, 0.2) is 35.4 Å². The van der Waals surface area contributed by atoms with Crippen molar-refractivity contribution in [1.29, 1.82) is 0 Å². The fraction of sp³-hybridized carbons (Fsp3) is 0.467. The Labute approximate surface area is 114 Å². The molecule has 0 aromatic heterocycles. The first-order chi connectivity index (χ1) is 9.34. The third-order valence-electron chi connectivity index (χ3n) is 3.31. The van der Waals surface area contributed by atoms with Crippen LogP contribution in [-0.4, -0.2) is 36.7 Å². The number of amides is 1. The highest BCUT2D eigenvalue weighted by Crippen LogP contribution is 2.08. The van der Waals surface area contributed by atoms with Gasteiger partial charge in [0.1, 0.15) is 0 Å². The average Bonchev–Trinajstić information content (AvgIpc) is 2.47. The quantitative estimate of drug-likeness (QED) is 0.649. The molecule has 1 amide bonds. The summed E-state index contributed by atoms with van der Waals surface area (Å²) in [6.45, 7) is 3.09. The first-order valence-corrected chi connectivity index (χ1v) is 6.94. The van der Waals surface area contributed by atoms with Gasteiger partial charge in [-0.2, -0.15) is 5.10 Å². The van der Waals surface area contributed by atoms with Gasteiger partial charge in [0.05, 0.1) is 6.21 Å². The number of rotatable bonds is 5. The van der Waals surface area contributed by atoms with Crippen molar-refractivity contribution in [2.24, 2.45) is 5.10 Å². The predicted molar refractivity (Wildman–Crippen MR) is 77.1 cm³/mol. The third kappa shape index (κ3) is 5.22. The number of likely N-dealkylation sites (tertiary alicyclic amines) is 1. The van der Waals surface area contributed by atoms with Crippen LogP contribution >= 0.6 is 0 Å². The van der Waals surface area contributed by atoms with Crippen molar-refractivity contribution in [3.8, 4) is 0 Å². The van der Waals surface area contributed by atoms with E-state index in [2.05, 4.69) is 15.4 Å². The molecule has 4 nitrogen and oxygen atoms in total. The maximum Gasteiger partial charge on any atom is 0.241 e. The van der Waals surface area contributed by atoms with Crippen LogP contribution in [0, 0.1) is 0 Å². The molecule has 2 rings (SSSR count). The van der Waals surface area contributed by atoms with Crippen molar-refractivity contribution in [3.63, 3.8) is 0 Å². The first-order valence-electron chi connectivity index (χ1n) is 6.94. The van der Waals surface area contributed by atoms with Crippen LogP contribution in [0.1, 0.15) is 31.2 Å². The van der Waals surface area contributed by atoms with Gasteiger partial charge in [0, 0.05) is 13.0 Å². The summed E-state index contributed by atoms with van der Waals surface area (Å²) in [5.74, 6) is -0.0160. The lowest BCUT2D eigenvalue weighted by atomic mass is 10.1. The zero-order valence-corrected chi connectivity index (χ0v) is 11.2. The number of carbonyl (C=O) groups excluding carboxylic acids is 1. The lowest BCUT2D eigenvalue weighted by Crippen LogP contribution is -2.33. The number of hydrazone groups is 1. The Kier molecular flexibility index (Phi) is 5.56. The molecule has 1 heterocycles. The van der Waals surface area contributed by atoms with Crippen molar-refractivity contribution in [3.05, 3.63) is 35.9 Å². The van der Waals surface area contributed by atoms with Gasteiger partial charge in [-0.25, -0.2) is 5.43 Å². The monoisotopic (exact) mass is 259 g/mol. The molecule has 1 aliphatic rings. The summed E-state index contributed by atoms with van der Waals surface area (Å²) >= 11 is 0. The maximum atomic E-state index is 11.6. The minimum atomic E-state index is -0.0160. The summed E-state index contributed by atoms with van der Waals surface area (Å²) in [6.07, 6.45) is 6.02. The summed E-state index contributed by atoms with van der Waals surface area (Å²) in [6, 6.07) is 9.74. The number of benzene rings is 1. The fourth-order valence-corrected chi connectivity index (χ4v) is 2.22. The van der Waals surface area contributed by atoms with Gasteiger partial charge < -0.3 is 4.90 Å². The third-order valence-corrected chi connectivity index (χ3v) is 3.31. The zero-order valence-electron chi connectivity index (χ0n) is 11.2. The SMILES string of the molecule is O=C(CCN1CCCCC1)N/N=C/c1ccccc1. The smallest absolute Gasteiger partial charge is 0.241 e. The molecule has 1 N–H and O–H groups in total. The molecule has 0 unspecified atom stereocenters. The summed E-state index contributed by atoms with van der Waals surface area (Å²) < 4.78 is 0. The van der Waals surface area contributed by atoms with Gasteiger partial charge in [-0.1, -0.05) is 36.8 Å². The molecule has 4 heteroatoms.